The summed E-state index contributed by atoms with van der Waals surface area (Å²) in [4.78, 5) is 13.5. The van der Waals surface area contributed by atoms with Crippen molar-refractivity contribution in [1.82, 2.24) is 4.31 Å². The summed E-state index contributed by atoms with van der Waals surface area (Å²) in [7, 11) is -2.14. The van der Waals surface area contributed by atoms with Gasteiger partial charge in [0.1, 0.15) is 12.4 Å². The summed E-state index contributed by atoms with van der Waals surface area (Å²) >= 11 is 0. The Labute approximate surface area is 147 Å². The molecule has 0 aromatic heterocycles. The zero-order valence-corrected chi connectivity index (χ0v) is 15.0. The van der Waals surface area contributed by atoms with Gasteiger partial charge in [-0.05, 0) is 23.8 Å². The Bertz CT molecular complexity index is 881. The van der Waals surface area contributed by atoms with Crippen LogP contribution in [0, 0.1) is 0 Å². The molecule has 7 heteroatoms. The first-order valence-electron chi connectivity index (χ1n) is 7.95. The highest BCUT2D eigenvalue weighted by molar-refractivity contribution is 7.89. The number of hydrogen-bond acceptors (Lipinski definition) is 4. The SMILES string of the molecule is CC(=O)N1CCOc2ccc(S(=O)(=O)N(C)Cc3ccccc3)cc21. The van der Waals surface area contributed by atoms with Crippen LogP contribution in [0.4, 0.5) is 5.69 Å². The minimum absolute atomic E-state index is 0.140. The number of benzene rings is 2. The van der Waals surface area contributed by atoms with E-state index in [4.69, 9.17) is 4.74 Å². The zero-order valence-electron chi connectivity index (χ0n) is 14.2. The van der Waals surface area contributed by atoms with E-state index in [-0.39, 0.29) is 17.3 Å². The Morgan fingerprint density at radius 1 is 1.20 bits per heavy atom. The molecular weight excluding hydrogens is 340 g/mol. The van der Waals surface area contributed by atoms with E-state index in [1.807, 2.05) is 30.3 Å². The van der Waals surface area contributed by atoms with E-state index in [9.17, 15) is 13.2 Å². The van der Waals surface area contributed by atoms with Crippen LogP contribution in [-0.2, 0) is 21.4 Å². The fourth-order valence-corrected chi connectivity index (χ4v) is 3.97. The lowest BCUT2D eigenvalue weighted by Crippen LogP contribution is -2.36. The van der Waals surface area contributed by atoms with Gasteiger partial charge in [-0.2, -0.15) is 4.31 Å². The number of rotatable bonds is 4. The number of nitrogens with zero attached hydrogens (tertiary/aromatic N) is 2. The van der Waals surface area contributed by atoms with Crippen LogP contribution in [0.2, 0.25) is 0 Å². The molecular formula is C18H20N2O4S. The molecule has 6 nitrogen and oxygen atoms in total. The van der Waals surface area contributed by atoms with Crippen molar-refractivity contribution in [1.29, 1.82) is 0 Å². The summed E-state index contributed by atoms with van der Waals surface area (Å²) < 4.78 is 32.6. The molecule has 3 rings (SSSR count). The summed E-state index contributed by atoms with van der Waals surface area (Å²) in [6, 6.07) is 14.0. The van der Waals surface area contributed by atoms with Crippen LogP contribution in [0.5, 0.6) is 5.75 Å². The minimum Gasteiger partial charge on any atom is -0.490 e. The van der Waals surface area contributed by atoms with Crippen molar-refractivity contribution in [2.75, 3.05) is 25.1 Å². The molecule has 0 bridgehead atoms. The molecule has 1 aliphatic rings. The highest BCUT2D eigenvalue weighted by Gasteiger charge is 2.26. The lowest BCUT2D eigenvalue weighted by atomic mass is 10.2. The monoisotopic (exact) mass is 360 g/mol. The molecule has 2 aromatic carbocycles. The van der Waals surface area contributed by atoms with E-state index in [0.717, 1.165) is 5.56 Å². The van der Waals surface area contributed by atoms with Crippen LogP contribution < -0.4 is 9.64 Å². The van der Waals surface area contributed by atoms with Gasteiger partial charge in [0.25, 0.3) is 0 Å². The molecule has 1 aliphatic heterocycles. The van der Waals surface area contributed by atoms with E-state index < -0.39 is 10.0 Å². The maximum atomic E-state index is 12.9. The van der Waals surface area contributed by atoms with Crippen LogP contribution in [0.15, 0.2) is 53.4 Å². The lowest BCUT2D eigenvalue weighted by Gasteiger charge is -2.29. The van der Waals surface area contributed by atoms with Gasteiger partial charge in [-0.1, -0.05) is 30.3 Å². The average Bonchev–Trinajstić information content (AvgIpc) is 2.61. The second-order valence-electron chi connectivity index (χ2n) is 5.90. The number of hydrogen-bond donors (Lipinski definition) is 0. The van der Waals surface area contributed by atoms with Gasteiger partial charge in [0.15, 0.2) is 0 Å². The largest absolute Gasteiger partial charge is 0.490 e. The molecule has 0 fully saturated rings. The number of ether oxygens (including phenoxy) is 1. The molecule has 0 saturated carbocycles. The Morgan fingerprint density at radius 3 is 2.60 bits per heavy atom. The van der Waals surface area contributed by atoms with E-state index >= 15 is 0 Å². The maximum absolute atomic E-state index is 12.9. The predicted molar refractivity (Wildman–Crippen MR) is 95.1 cm³/mol. The van der Waals surface area contributed by atoms with Crippen molar-refractivity contribution in [3.05, 3.63) is 54.1 Å². The molecule has 2 aromatic rings. The molecule has 1 amide bonds. The highest BCUT2D eigenvalue weighted by atomic mass is 32.2. The van der Waals surface area contributed by atoms with Crippen LogP contribution in [0.3, 0.4) is 0 Å². The topological polar surface area (TPSA) is 66.9 Å². The third-order valence-electron chi connectivity index (χ3n) is 4.13. The second kappa shape index (κ2) is 6.85. The molecule has 0 aliphatic carbocycles. The molecule has 1 heterocycles. The number of sulfonamides is 1. The van der Waals surface area contributed by atoms with Gasteiger partial charge < -0.3 is 9.64 Å². The number of carbonyl (C=O) groups is 1. The Balaban J connectivity index is 1.92. The molecule has 0 spiro atoms. The van der Waals surface area contributed by atoms with Crippen molar-refractivity contribution in [3.8, 4) is 5.75 Å². The van der Waals surface area contributed by atoms with E-state index in [0.29, 0.717) is 24.6 Å². The van der Waals surface area contributed by atoms with Gasteiger partial charge in [-0.25, -0.2) is 8.42 Å². The Hall–Kier alpha value is -2.38. The van der Waals surface area contributed by atoms with Crippen LogP contribution >= 0.6 is 0 Å². The maximum Gasteiger partial charge on any atom is 0.243 e. The summed E-state index contributed by atoms with van der Waals surface area (Å²) in [5, 5.41) is 0. The summed E-state index contributed by atoms with van der Waals surface area (Å²) in [6.07, 6.45) is 0. The molecule has 0 atom stereocenters. The standard InChI is InChI=1S/C18H20N2O4S/c1-14(21)20-10-11-24-18-9-8-16(12-17(18)20)25(22,23)19(2)13-15-6-4-3-5-7-15/h3-9,12H,10-11,13H2,1-2H3. The smallest absolute Gasteiger partial charge is 0.243 e. The van der Waals surface area contributed by atoms with Crippen molar-refractivity contribution >= 4 is 21.6 Å². The van der Waals surface area contributed by atoms with Crippen molar-refractivity contribution in [2.24, 2.45) is 0 Å². The van der Waals surface area contributed by atoms with E-state index in [2.05, 4.69) is 0 Å². The third kappa shape index (κ3) is 3.52. The van der Waals surface area contributed by atoms with Gasteiger partial charge in [-0.3, -0.25) is 4.79 Å². The number of fused-ring (bicyclic) bond motifs is 1. The first kappa shape index (κ1) is 17.4. The summed E-state index contributed by atoms with van der Waals surface area (Å²) in [5.74, 6) is 0.378. The van der Waals surface area contributed by atoms with Gasteiger partial charge in [0, 0.05) is 20.5 Å². The quantitative estimate of drug-likeness (QED) is 0.839. The third-order valence-corrected chi connectivity index (χ3v) is 5.93. The fourth-order valence-electron chi connectivity index (χ4n) is 2.79. The average molecular weight is 360 g/mol. The normalized spacial score (nSPS) is 14.1. The van der Waals surface area contributed by atoms with Crippen LogP contribution in [0.1, 0.15) is 12.5 Å². The lowest BCUT2D eigenvalue weighted by molar-refractivity contribution is -0.116. The predicted octanol–water partition coefficient (Wildman–Crippen LogP) is 2.25. The van der Waals surface area contributed by atoms with Crippen molar-refractivity contribution < 1.29 is 17.9 Å². The minimum atomic E-state index is -3.68. The molecule has 0 unspecified atom stereocenters. The summed E-state index contributed by atoms with van der Waals surface area (Å²) in [5.41, 5.74) is 1.40. The van der Waals surface area contributed by atoms with Gasteiger partial charge in [-0.15, -0.1) is 0 Å². The second-order valence-corrected chi connectivity index (χ2v) is 7.94. The molecule has 132 valence electrons. The first-order chi connectivity index (χ1) is 11.9. The van der Waals surface area contributed by atoms with Gasteiger partial charge in [0.05, 0.1) is 17.1 Å². The van der Waals surface area contributed by atoms with Crippen molar-refractivity contribution in [3.63, 3.8) is 0 Å². The fraction of sp³-hybridized carbons (Fsp3) is 0.278. The van der Waals surface area contributed by atoms with Crippen LogP contribution in [0.25, 0.3) is 0 Å². The van der Waals surface area contributed by atoms with E-state index in [1.54, 1.807) is 13.1 Å². The van der Waals surface area contributed by atoms with Gasteiger partial charge in [0.2, 0.25) is 15.9 Å². The molecule has 25 heavy (non-hydrogen) atoms. The number of amides is 1. The zero-order chi connectivity index (χ0) is 18.0. The number of carbonyl (C=O) groups excluding carboxylic acids is 1. The van der Waals surface area contributed by atoms with Crippen LogP contribution in [-0.4, -0.2) is 38.8 Å². The molecule has 0 N–H and O–H groups in total. The van der Waals surface area contributed by atoms with Crippen molar-refractivity contribution in [2.45, 2.75) is 18.4 Å². The Morgan fingerprint density at radius 2 is 1.92 bits per heavy atom. The highest BCUT2D eigenvalue weighted by Crippen LogP contribution is 2.34. The Kier molecular flexibility index (Phi) is 4.78. The molecule has 0 radical (unpaired) electrons. The molecule has 0 saturated heterocycles. The first-order valence-corrected chi connectivity index (χ1v) is 9.39. The van der Waals surface area contributed by atoms with Gasteiger partial charge >= 0.3 is 0 Å². The summed E-state index contributed by atoms with van der Waals surface area (Å²) in [6.45, 7) is 2.53. The van der Waals surface area contributed by atoms with E-state index in [1.165, 1.54) is 28.3 Å². The number of anilines is 1.